The number of rotatable bonds is 2. The third-order valence-electron chi connectivity index (χ3n) is 4.84. The number of nitrogens with zero attached hydrogens (tertiary/aromatic N) is 3. The van der Waals surface area contributed by atoms with Gasteiger partial charge in [-0.3, -0.25) is 4.79 Å². The molecule has 0 unspecified atom stereocenters. The second kappa shape index (κ2) is 5.77. The topological polar surface area (TPSA) is 72.1 Å². The predicted octanol–water partition coefficient (Wildman–Crippen LogP) is 3.27. The van der Waals surface area contributed by atoms with Gasteiger partial charge in [0.15, 0.2) is 0 Å². The van der Waals surface area contributed by atoms with Crippen LogP contribution in [0.3, 0.4) is 0 Å². The molecule has 4 rings (SSSR count). The average Bonchev–Trinajstić information content (AvgIpc) is 2.89. The summed E-state index contributed by atoms with van der Waals surface area (Å²) in [5.41, 5.74) is 9.11. The molecular weight excluding hydrogens is 339 g/mol. The molecule has 0 spiro atoms. The van der Waals surface area contributed by atoms with E-state index in [0.29, 0.717) is 34.0 Å². The van der Waals surface area contributed by atoms with Gasteiger partial charge in [-0.15, -0.1) is 16.4 Å². The van der Waals surface area contributed by atoms with Crippen molar-refractivity contribution in [3.63, 3.8) is 0 Å². The van der Waals surface area contributed by atoms with Gasteiger partial charge in [-0.25, -0.2) is 4.39 Å². The lowest BCUT2D eigenvalue weighted by atomic mass is 9.91. The number of nitrogen functional groups attached to an aromatic ring is 1. The van der Waals surface area contributed by atoms with E-state index in [4.69, 9.17) is 5.73 Å². The van der Waals surface area contributed by atoms with E-state index in [-0.39, 0.29) is 17.6 Å². The van der Waals surface area contributed by atoms with Crippen LogP contribution in [0.25, 0.3) is 10.2 Å². The van der Waals surface area contributed by atoms with Crippen molar-refractivity contribution < 1.29 is 9.18 Å². The van der Waals surface area contributed by atoms with E-state index in [2.05, 4.69) is 10.2 Å². The number of halogens is 1. The molecule has 0 bridgehead atoms. The van der Waals surface area contributed by atoms with E-state index in [1.165, 1.54) is 17.4 Å². The number of carbonyl (C=O) groups is 1. The largest absolute Gasteiger partial charge is 0.397 e. The molecule has 3 heterocycles. The van der Waals surface area contributed by atoms with Gasteiger partial charge >= 0.3 is 0 Å². The van der Waals surface area contributed by atoms with E-state index >= 15 is 0 Å². The van der Waals surface area contributed by atoms with E-state index < -0.39 is 0 Å². The van der Waals surface area contributed by atoms with Crippen molar-refractivity contribution in [3.05, 3.63) is 51.8 Å². The maximum absolute atomic E-state index is 13.9. The highest BCUT2D eigenvalue weighted by Gasteiger charge is 2.35. The van der Waals surface area contributed by atoms with Gasteiger partial charge in [0.05, 0.1) is 11.4 Å². The first-order chi connectivity index (χ1) is 12.0. The van der Waals surface area contributed by atoms with Crippen LogP contribution >= 0.6 is 11.3 Å². The molecule has 1 fully saturated rings. The molecular formula is C18H17FN4OS. The Morgan fingerprint density at radius 2 is 2.00 bits per heavy atom. The number of anilines is 1. The van der Waals surface area contributed by atoms with Crippen LogP contribution in [0.4, 0.5) is 10.1 Å². The summed E-state index contributed by atoms with van der Waals surface area (Å²) in [4.78, 5) is 15.7. The van der Waals surface area contributed by atoms with Crippen LogP contribution in [0.2, 0.25) is 0 Å². The van der Waals surface area contributed by atoms with E-state index in [1.54, 1.807) is 17.0 Å². The minimum Gasteiger partial charge on any atom is -0.397 e. The molecule has 1 saturated heterocycles. The Kier molecular flexibility index (Phi) is 3.68. The number of benzene rings is 1. The number of hydrogen-bond acceptors (Lipinski definition) is 5. The van der Waals surface area contributed by atoms with Crippen LogP contribution in [-0.4, -0.2) is 34.1 Å². The summed E-state index contributed by atoms with van der Waals surface area (Å²) in [6.45, 7) is 4.80. The van der Waals surface area contributed by atoms with Crippen LogP contribution in [0.5, 0.6) is 0 Å². The van der Waals surface area contributed by atoms with Crippen LogP contribution in [0.15, 0.2) is 24.3 Å². The zero-order chi connectivity index (χ0) is 17.7. The smallest absolute Gasteiger partial charge is 0.266 e. The van der Waals surface area contributed by atoms with Gasteiger partial charge in [-0.2, -0.15) is 5.10 Å². The number of nitrogens with two attached hydrogens (primary N) is 1. The SMILES string of the molecule is Cc1nnc2sc(C(=O)N3CC(c4ccccc4F)C3)c(N)c2c1C. The molecule has 0 aliphatic carbocycles. The van der Waals surface area contributed by atoms with Crippen molar-refractivity contribution in [2.45, 2.75) is 19.8 Å². The van der Waals surface area contributed by atoms with Gasteiger partial charge in [-0.05, 0) is 31.0 Å². The monoisotopic (exact) mass is 356 g/mol. The quantitative estimate of drug-likeness (QED) is 0.765. The van der Waals surface area contributed by atoms with Crippen molar-refractivity contribution in [2.75, 3.05) is 18.8 Å². The summed E-state index contributed by atoms with van der Waals surface area (Å²) >= 11 is 1.27. The van der Waals surface area contributed by atoms with Crippen molar-refractivity contribution in [1.82, 2.24) is 15.1 Å². The second-order valence-electron chi connectivity index (χ2n) is 6.36. The Morgan fingerprint density at radius 3 is 2.72 bits per heavy atom. The van der Waals surface area contributed by atoms with Crippen molar-refractivity contribution in [2.24, 2.45) is 0 Å². The number of fused-ring (bicyclic) bond motifs is 1. The molecule has 0 atom stereocenters. The lowest BCUT2D eigenvalue weighted by Gasteiger charge is -2.39. The predicted molar refractivity (Wildman–Crippen MR) is 96.3 cm³/mol. The highest BCUT2D eigenvalue weighted by Crippen LogP contribution is 2.38. The number of aromatic nitrogens is 2. The van der Waals surface area contributed by atoms with Crippen LogP contribution in [-0.2, 0) is 0 Å². The Bertz CT molecular complexity index is 994. The van der Waals surface area contributed by atoms with E-state index in [0.717, 1.165) is 16.6 Å². The number of likely N-dealkylation sites (tertiary alicyclic amines) is 1. The zero-order valence-electron chi connectivity index (χ0n) is 13.9. The van der Waals surface area contributed by atoms with Gasteiger partial charge < -0.3 is 10.6 Å². The molecule has 1 amide bonds. The lowest BCUT2D eigenvalue weighted by molar-refractivity contribution is 0.0605. The number of aryl methyl sites for hydroxylation is 2. The van der Waals surface area contributed by atoms with Gasteiger partial charge in [-0.1, -0.05) is 18.2 Å². The normalized spacial score (nSPS) is 14.8. The molecule has 2 aromatic heterocycles. The molecule has 7 heteroatoms. The lowest BCUT2D eigenvalue weighted by Crippen LogP contribution is -2.48. The first kappa shape index (κ1) is 16.0. The minimum absolute atomic E-state index is 0.0320. The third-order valence-corrected chi connectivity index (χ3v) is 5.92. The summed E-state index contributed by atoms with van der Waals surface area (Å²) in [7, 11) is 0. The fraction of sp³-hybridized carbons (Fsp3) is 0.278. The molecule has 0 radical (unpaired) electrons. The van der Waals surface area contributed by atoms with Crippen LogP contribution in [0, 0.1) is 19.7 Å². The van der Waals surface area contributed by atoms with Crippen molar-refractivity contribution >= 4 is 33.1 Å². The highest BCUT2D eigenvalue weighted by atomic mass is 32.1. The molecule has 1 aromatic carbocycles. The summed E-state index contributed by atoms with van der Waals surface area (Å²) < 4.78 is 13.9. The maximum Gasteiger partial charge on any atom is 0.266 e. The molecule has 1 aliphatic rings. The van der Waals surface area contributed by atoms with Crippen molar-refractivity contribution in [1.29, 1.82) is 0 Å². The van der Waals surface area contributed by atoms with Gasteiger partial charge in [0, 0.05) is 24.4 Å². The first-order valence-corrected chi connectivity index (χ1v) is 8.84. The average molecular weight is 356 g/mol. The molecule has 3 aromatic rings. The minimum atomic E-state index is -0.220. The molecule has 1 aliphatic heterocycles. The Balaban J connectivity index is 1.59. The molecule has 128 valence electrons. The standard InChI is InChI=1S/C18H17FN4OS/c1-9-10(2)21-22-17-14(9)15(20)16(25-17)18(24)23-7-11(8-23)12-5-3-4-6-13(12)19/h3-6,11H,7-8,20H2,1-2H3. The number of carbonyl (C=O) groups excluding carboxylic acids is 1. The van der Waals surface area contributed by atoms with Crippen molar-refractivity contribution in [3.8, 4) is 0 Å². The number of thiophene rings is 1. The number of hydrogen-bond donors (Lipinski definition) is 1. The summed E-state index contributed by atoms with van der Waals surface area (Å²) in [6, 6.07) is 6.71. The Hall–Kier alpha value is -2.54. The molecule has 25 heavy (non-hydrogen) atoms. The van der Waals surface area contributed by atoms with E-state index in [1.807, 2.05) is 19.9 Å². The fourth-order valence-corrected chi connectivity index (χ4v) is 4.26. The highest BCUT2D eigenvalue weighted by molar-refractivity contribution is 7.21. The maximum atomic E-state index is 13.9. The van der Waals surface area contributed by atoms with Gasteiger partial charge in [0.2, 0.25) is 0 Å². The molecule has 5 nitrogen and oxygen atoms in total. The first-order valence-electron chi connectivity index (χ1n) is 8.03. The van der Waals surface area contributed by atoms with Gasteiger partial charge in [0.25, 0.3) is 5.91 Å². The summed E-state index contributed by atoms with van der Waals surface area (Å²) in [5, 5.41) is 9.06. The van der Waals surface area contributed by atoms with Gasteiger partial charge in [0.1, 0.15) is 15.5 Å². The second-order valence-corrected chi connectivity index (χ2v) is 7.36. The Morgan fingerprint density at radius 1 is 1.28 bits per heavy atom. The fourth-order valence-electron chi connectivity index (χ4n) is 3.19. The number of amides is 1. The Labute approximate surface area is 148 Å². The zero-order valence-corrected chi connectivity index (χ0v) is 14.7. The van der Waals surface area contributed by atoms with E-state index in [9.17, 15) is 9.18 Å². The third kappa shape index (κ3) is 2.46. The van der Waals surface area contributed by atoms with Crippen LogP contribution in [0.1, 0.15) is 32.4 Å². The summed E-state index contributed by atoms with van der Waals surface area (Å²) in [6.07, 6.45) is 0. The molecule has 2 N–H and O–H groups in total. The van der Waals surface area contributed by atoms with Crippen LogP contribution < -0.4 is 5.73 Å². The molecule has 0 saturated carbocycles. The summed E-state index contributed by atoms with van der Waals surface area (Å²) in [5.74, 6) is -0.308.